The van der Waals surface area contributed by atoms with E-state index < -0.39 is 0 Å². The van der Waals surface area contributed by atoms with Crippen LogP contribution in [0, 0.1) is 12.8 Å². The number of hydrogen-bond donors (Lipinski definition) is 2. The second kappa shape index (κ2) is 6.75. The van der Waals surface area contributed by atoms with E-state index in [-0.39, 0.29) is 5.91 Å². The third-order valence-corrected chi connectivity index (χ3v) is 4.16. The molecular weight excluding hydrogens is 250 g/mol. The minimum atomic E-state index is -0.0517. The van der Waals surface area contributed by atoms with Crippen molar-refractivity contribution in [3.05, 3.63) is 29.3 Å². The van der Waals surface area contributed by atoms with Gasteiger partial charge in [0.2, 0.25) is 0 Å². The zero-order chi connectivity index (χ0) is 14.5. The fraction of sp³-hybridized carbons (Fsp3) is 0.562. The van der Waals surface area contributed by atoms with Crippen LogP contribution in [-0.2, 0) is 0 Å². The van der Waals surface area contributed by atoms with Crippen LogP contribution in [0.15, 0.2) is 18.2 Å². The lowest BCUT2D eigenvalue weighted by molar-refractivity contribution is 0.0937. The van der Waals surface area contributed by atoms with Gasteiger partial charge in [-0.25, -0.2) is 0 Å². The minimum absolute atomic E-state index is 0.0517. The van der Waals surface area contributed by atoms with E-state index in [9.17, 15) is 4.79 Å². The van der Waals surface area contributed by atoms with Crippen molar-refractivity contribution in [2.45, 2.75) is 26.7 Å². The summed E-state index contributed by atoms with van der Waals surface area (Å²) in [6.07, 6.45) is 2.33. The molecule has 0 saturated carbocycles. The van der Waals surface area contributed by atoms with Crippen molar-refractivity contribution in [1.29, 1.82) is 0 Å². The van der Waals surface area contributed by atoms with Crippen molar-refractivity contribution in [2.24, 2.45) is 5.92 Å². The van der Waals surface area contributed by atoms with Crippen LogP contribution in [0.5, 0.6) is 0 Å². The summed E-state index contributed by atoms with van der Waals surface area (Å²) in [4.78, 5) is 14.6. The zero-order valence-electron chi connectivity index (χ0n) is 12.5. The van der Waals surface area contributed by atoms with Gasteiger partial charge in [-0.05, 0) is 57.5 Å². The van der Waals surface area contributed by atoms with Gasteiger partial charge in [0.1, 0.15) is 0 Å². The van der Waals surface area contributed by atoms with Crippen LogP contribution >= 0.6 is 0 Å². The number of rotatable bonds is 4. The van der Waals surface area contributed by atoms with Gasteiger partial charge >= 0.3 is 0 Å². The molecule has 0 atom stereocenters. The molecule has 0 aromatic heterocycles. The number of nitrogens with two attached hydrogens (primary N) is 1. The number of anilines is 1. The normalized spacial score (nSPS) is 17.1. The minimum Gasteiger partial charge on any atom is -0.398 e. The van der Waals surface area contributed by atoms with E-state index in [1.807, 2.05) is 19.1 Å². The fourth-order valence-corrected chi connectivity index (χ4v) is 2.71. The van der Waals surface area contributed by atoms with Gasteiger partial charge in [0.05, 0.1) is 5.56 Å². The number of amides is 1. The second-order valence-corrected chi connectivity index (χ2v) is 5.68. The first-order valence-corrected chi connectivity index (χ1v) is 7.46. The second-order valence-electron chi connectivity index (χ2n) is 5.68. The Bertz CT molecular complexity index is 465. The molecule has 3 N–H and O–H groups in total. The SMILES string of the molecule is CCN1CCC(CNC(=O)c2cc(C)ccc2N)CC1. The van der Waals surface area contributed by atoms with E-state index in [4.69, 9.17) is 5.73 Å². The fourth-order valence-electron chi connectivity index (χ4n) is 2.71. The monoisotopic (exact) mass is 275 g/mol. The van der Waals surface area contributed by atoms with Crippen LogP contribution in [0.2, 0.25) is 0 Å². The zero-order valence-corrected chi connectivity index (χ0v) is 12.5. The highest BCUT2D eigenvalue weighted by Gasteiger charge is 2.19. The van der Waals surface area contributed by atoms with Crippen LogP contribution in [0.4, 0.5) is 5.69 Å². The number of benzene rings is 1. The summed E-state index contributed by atoms with van der Waals surface area (Å²) in [5.74, 6) is 0.539. The largest absolute Gasteiger partial charge is 0.398 e. The summed E-state index contributed by atoms with van der Waals surface area (Å²) in [7, 11) is 0. The van der Waals surface area contributed by atoms with E-state index in [0.29, 0.717) is 17.2 Å². The van der Waals surface area contributed by atoms with E-state index >= 15 is 0 Å². The number of likely N-dealkylation sites (tertiary alicyclic amines) is 1. The van der Waals surface area contributed by atoms with E-state index in [1.54, 1.807) is 6.07 Å². The molecule has 1 aromatic carbocycles. The van der Waals surface area contributed by atoms with Crippen molar-refractivity contribution >= 4 is 11.6 Å². The highest BCUT2D eigenvalue weighted by atomic mass is 16.1. The van der Waals surface area contributed by atoms with Gasteiger partial charge in [-0.3, -0.25) is 4.79 Å². The number of carbonyl (C=O) groups is 1. The number of nitrogens with zero attached hydrogens (tertiary/aromatic N) is 1. The van der Waals surface area contributed by atoms with Crippen molar-refractivity contribution in [1.82, 2.24) is 10.2 Å². The molecule has 0 aliphatic carbocycles. The molecule has 0 bridgehead atoms. The smallest absolute Gasteiger partial charge is 0.253 e. The third-order valence-electron chi connectivity index (χ3n) is 4.16. The molecule has 0 spiro atoms. The predicted octanol–water partition coefficient (Wildman–Crippen LogP) is 2.04. The van der Waals surface area contributed by atoms with Crippen LogP contribution in [0.3, 0.4) is 0 Å². The average Bonchev–Trinajstić information content (AvgIpc) is 2.47. The van der Waals surface area contributed by atoms with E-state index in [2.05, 4.69) is 17.1 Å². The molecule has 1 aromatic rings. The molecule has 110 valence electrons. The van der Waals surface area contributed by atoms with Crippen molar-refractivity contribution in [2.75, 3.05) is 31.9 Å². The predicted molar refractivity (Wildman–Crippen MR) is 82.8 cm³/mol. The maximum absolute atomic E-state index is 12.2. The lowest BCUT2D eigenvalue weighted by Crippen LogP contribution is -2.38. The van der Waals surface area contributed by atoms with Gasteiger partial charge in [0, 0.05) is 12.2 Å². The molecule has 2 rings (SSSR count). The maximum Gasteiger partial charge on any atom is 0.253 e. The van der Waals surface area contributed by atoms with Gasteiger partial charge in [0.15, 0.2) is 0 Å². The highest BCUT2D eigenvalue weighted by Crippen LogP contribution is 2.17. The third kappa shape index (κ3) is 3.73. The number of nitrogens with one attached hydrogen (secondary N) is 1. The summed E-state index contributed by atoms with van der Waals surface area (Å²) in [5.41, 5.74) is 8.07. The number of hydrogen-bond acceptors (Lipinski definition) is 3. The molecule has 4 nitrogen and oxygen atoms in total. The van der Waals surface area contributed by atoms with E-state index in [1.165, 1.54) is 0 Å². The molecule has 1 aliphatic rings. The topological polar surface area (TPSA) is 58.4 Å². The van der Waals surface area contributed by atoms with Crippen LogP contribution < -0.4 is 11.1 Å². The summed E-state index contributed by atoms with van der Waals surface area (Å²) in [6.45, 7) is 8.33. The first-order valence-electron chi connectivity index (χ1n) is 7.46. The van der Waals surface area contributed by atoms with Gasteiger partial charge in [-0.15, -0.1) is 0 Å². The van der Waals surface area contributed by atoms with E-state index in [0.717, 1.165) is 44.6 Å². The van der Waals surface area contributed by atoms with Crippen molar-refractivity contribution in [3.63, 3.8) is 0 Å². The molecule has 1 saturated heterocycles. The number of carbonyl (C=O) groups excluding carboxylic acids is 1. The Balaban J connectivity index is 1.85. The summed E-state index contributed by atoms with van der Waals surface area (Å²) in [5, 5.41) is 3.03. The maximum atomic E-state index is 12.2. The average molecular weight is 275 g/mol. The number of nitrogen functional groups attached to an aromatic ring is 1. The Morgan fingerprint density at radius 1 is 1.40 bits per heavy atom. The summed E-state index contributed by atoms with van der Waals surface area (Å²) >= 11 is 0. The number of piperidine rings is 1. The molecule has 0 radical (unpaired) electrons. The molecule has 20 heavy (non-hydrogen) atoms. The highest BCUT2D eigenvalue weighted by molar-refractivity contribution is 5.99. The summed E-state index contributed by atoms with van der Waals surface area (Å²) in [6, 6.07) is 5.57. The first-order chi connectivity index (χ1) is 9.60. The molecule has 1 heterocycles. The number of aryl methyl sites for hydroxylation is 1. The van der Waals surface area contributed by atoms with Gasteiger partial charge < -0.3 is 16.0 Å². The van der Waals surface area contributed by atoms with Crippen LogP contribution in [-0.4, -0.2) is 37.0 Å². The first kappa shape index (κ1) is 14.9. The van der Waals surface area contributed by atoms with Gasteiger partial charge in [-0.1, -0.05) is 18.6 Å². The standard InChI is InChI=1S/C16H25N3O/c1-3-19-8-6-13(7-9-19)11-18-16(20)14-10-12(2)4-5-15(14)17/h4-5,10,13H,3,6-9,11,17H2,1-2H3,(H,18,20). The quantitative estimate of drug-likeness (QED) is 0.827. The molecule has 0 unspecified atom stereocenters. The summed E-state index contributed by atoms with van der Waals surface area (Å²) < 4.78 is 0. The Morgan fingerprint density at radius 2 is 2.10 bits per heavy atom. The Labute approximate surface area is 121 Å². The van der Waals surface area contributed by atoms with Gasteiger partial charge in [0.25, 0.3) is 5.91 Å². The van der Waals surface area contributed by atoms with Gasteiger partial charge in [-0.2, -0.15) is 0 Å². The molecular formula is C16H25N3O. The van der Waals surface area contributed by atoms with Crippen LogP contribution in [0.1, 0.15) is 35.7 Å². The Morgan fingerprint density at radius 3 is 2.75 bits per heavy atom. The Kier molecular flexibility index (Phi) is 5.01. The lowest BCUT2D eigenvalue weighted by atomic mass is 9.96. The molecule has 4 heteroatoms. The van der Waals surface area contributed by atoms with Crippen molar-refractivity contribution in [3.8, 4) is 0 Å². The van der Waals surface area contributed by atoms with Crippen LogP contribution in [0.25, 0.3) is 0 Å². The molecule has 1 fully saturated rings. The molecule has 1 amide bonds. The Hall–Kier alpha value is -1.55. The van der Waals surface area contributed by atoms with Crippen molar-refractivity contribution < 1.29 is 4.79 Å². The lowest BCUT2D eigenvalue weighted by Gasteiger charge is -2.31. The molecule has 1 aliphatic heterocycles.